The van der Waals surface area contributed by atoms with Crippen LogP contribution in [0.25, 0.3) is 0 Å². The van der Waals surface area contributed by atoms with Crippen LogP contribution in [0, 0.1) is 0 Å². The van der Waals surface area contributed by atoms with Gasteiger partial charge in [0.1, 0.15) is 11.8 Å². The molecule has 7 heteroatoms. The van der Waals surface area contributed by atoms with Gasteiger partial charge in [-0.1, -0.05) is 30.3 Å². The fourth-order valence-corrected chi connectivity index (χ4v) is 2.37. The number of benzene rings is 1. The van der Waals surface area contributed by atoms with E-state index in [1.807, 2.05) is 18.2 Å². The third-order valence-electron chi connectivity index (χ3n) is 3.89. The smallest absolute Gasteiger partial charge is 0.315 e. The first kappa shape index (κ1) is 20.5. The largest absolute Gasteiger partial charge is 0.467 e. The Kier molecular flexibility index (Phi) is 8.92. The van der Waals surface area contributed by atoms with Gasteiger partial charge in [-0.2, -0.15) is 0 Å². The zero-order valence-corrected chi connectivity index (χ0v) is 15.6. The number of nitrogens with one attached hydrogen (secondary N) is 3. The van der Waals surface area contributed by atoms with Gasteiger partial charge in [0.2, 0.25) is 5.91 Å². The lowest BCUT2D eigenvalue weighted by atomic mass is 10.2. The predicted octanol–water partition coefficient (Wildman–Crippen LogP) is 2.23. The Morgan fingerprint density at radius 2 is 1.89 bits per heavy atom. The molecule has 0 bridgehead atoms. The molecular formula is C20H27N3O4. The minimum atomic E-state index is -0.637. The third-order valence-corrected chi connectivity index (χ3v) is 3.89. The second-order valence-corrected chi connectivity index (χ2v) is 6.12. The van der Waals surface area contributed by atoms with E-state index in [1.54, 1.807) is 25.3 Å². The number of ether oxygens (including phenoxy) is 1. The van der Waals surface area contributed by atoms with Crippen molar-refractivity contribution in [1.29, 1.82) is 0 Å². The first-order chi connectivity index (χ1) is 13.1. The Labute approximate surface area is 159 Å². The second-order valence-electron chi connectivity index (χ2n) is 6.12. The average Bonchev–Trinajstić information content (AvgIpc) is 3.19. The quantitative estimate of drug-likeness (QED) is 0.527. The monoisotopic (exact) mass is 373 g/mol. The highest BCUT2D eigenvalue weighted by Gasteiger charge is 2.15. The number of amides is 3. The topological polar surface area (TPSA) is 92.6 Å². The molecule has 1 aromatic carbocycles. The van der Waals surface area contributed by atoms with Gasteiger partial charge in [-0.3, -0.25) is 4.79 Å². The van der Waals surface area contributed by atoms with E-state index < -0.39 is 6.04 Å². The van der Waals surface area contributed by atoms with Crippen molar-refractivity contribution >= 4 is 11.9 Å². The van der Waals surface area contributed by atoms with E-state index in [1.165, 1.54) is 5.56 Å². The summed E-state index contributed by atoms with van der Waals surface area (Å²) in [5.41, 5.74) is 1.24. The van der Waals surface area contributed by atoms with Crippen molar-refractivity contribution in [2.75, 3.05) is 19.8 Å². The molecule has 0 aliphatic heterocycles. The number of furan rings is 1. The molecule has 1 heterocycles. The Morgan fingerprint density at radius 3 is 2.63 bits per heavy atom. The highest BCUT2D eigenvalue weighted by atomic mass is 16.5. The van der Waals surface area contributed by atoms with Crippen molar-refractivity contribution < 1.29 is 18.7 Å². The molecule has 0 aliphatic carbocycles. The van der Waals surface area contributed by atoms with Crippen LogP contribution in [0.3, 0.4) is 0 Å². The van der Waals surface area contributed by atoms with Crippen LogP contribution >= 0.6 is 0 Å². The van der Waals surface area contributed by atoms with Crippen molar-refractivity contribution in [3.05, 3.63) is 60.1 Å². The number of urea groups is 1. The second kappa shape index (κ2) is 11.7. The maximum Gasteiger partial charge on any atom is 0.315 e. The first-order valence-electron chi connectivity index (χ1n) is 9.11. The molecule has 0 fully saturated rings. The van der Waals surface area contributed by atoms with Gasteiger partial charge in [0, 0.05) is 13.2 Å². The van der Waals surface area contributed by atoms with Gasteiger partial charge in [-0.25, -0.2) is 4.79 Å². The van der Waals surface area contributed by atoms with E-state index >= 15 is 0 Å². The lowest BCUT2D eigenvalue weighted by molar-refractivity contribution is -0.122. The molecule has 2 aromatic rings. The molecule has 1 atom stereocenters. The summed E-state index contributed by atoms with van der Waals surface area (Å²) in [6.45, 7) is 3.64. The van der Waals surface area contributed by atoms with Crippen LogP contribution in [0.15, 0.2) is 53.1 Å². The van der Waals surface area contributed by atoms with Crippen LogP contribution < -0.4 is 16.0 Å². The minimum Gasteiger partial charge on any atom is -0.467 e. The van der Waals surface area contributed by atoms with Gasteiger partial charge in [-0.15, -0.1) is 0 Å². The van der Waals surface area contributed by atoms with Crippen molar-refractivity contribution in [3.8, 4) is 0 Å². The van der Waals surface area contributed by atoms with Crippen LogP contribution in [0.5, 0.6) is 0 Å². The molecule has 0 spiro atoms. The number of rotatable bonds is 11. The van der Waals surface area contributed by atoms with Crippen molar-refractivity contribution in [2.45, 2.75) is 32.4 Å². The van der Waals surface area contributed by atoms with E-state index in [0.29, 0.717) is 38.5 Å². The van der Waals surface area contributed by atoms with Crippen LogP contribution in [0.2, 0.25) is 0 Å². The molecule has 146 valence electrons. The van der Waals surface area contributed by atoms with Gasteiger partial charge in [0.05, 0.1) is 19.4 Å². The summed E-state index contributed by atoms with van der Waals surface area (Å²) in [6.07, 6.45) is 3.13. The molecule has 1 unspecified atom stereocenters. The lowest BCUT2D eigenvalue weighted by Gasteiger charge is -2.14. The standard InChI is InChI=1S/C20H27N3O4/c1-16(19(24)22-15-18-9-5-13-27-18)23-20(25)21-11-6-12-26-14-10-17-7-3-2-4-8-17/h2-5,7-9,13,16H,6,10-12,14-15H2,1H3,(H,22,24)(H2,21,23,25). The summed E-state index contributed by atoms with van der Waals surface area (Å²) in [5.74, 6) is 0.387. The SMILES string of the molecule is CC(NC(=O)NCCCOCCc1ccccc1)C(=O)NCc1ccco1. The minimum absolute atomic E-state index is 0.272. The van der Waals surface area contributed by atoms with E-state index in [-0.39, 0.29) is 11.9 Å². The Balaban J connectivity index is 1.48. The van der Waals surface area contributed by atoms with Crippen molar-refractivity contribution in [2.24, 2.45) is 0 Å². The van der Waals surface area contributed by atoms with E-state index in [2.05, 4.69) is 28.1 Å². The Morgan fingerprint density at radius 1 is 1.07 bits per heavy atom. The van der Waals surface area contributed by atoms with E-state index in [0.717, 1.165) is 6.42 Å². The molecule has 2 rings (SSSR count). The van der Waals surface area contributed by atoms with Gasteiger partial charge < -0.3 is 25.1 Å². The molecule has 0 saturated heterocycles. The first-order valence-corrected chi connectivity index (χ1v) is 9.11. The molecule has 7 nitrogen and oxygen atoms in total. The van der Waals surface area contributed by atoms with Crippen LogP contribution in [0.1, 0.15) is 24.7 Å². The summed E-state index contributed by atoms with van der Waals surface area (Å²) in [4.78, 5) is 23.7. The summed E-state index contributed by atoms with van der Waals surface area (Å²) in [7, 11) is 0. The van der Waals surface area contributed by atoms with Crippen LogP contribution in [-0.2, 0) is 22.5 Å². The molecule has 0 radical (unpaired) electrons. The normalized spacial score (nSPS) is 11.6. The highest BCUT2D eigenvalue weighted by Crippen LogP contribution is 2.00. The zero-order valence-electron chi connectivity index (χ0n) is 15.6. The van der Waals surface area contributed by atoms with Gasteiger partial charge >= 0.3 is 6.03 Å². The van der Waals surface area contributed by atoms with Gasteiger partial charge in [0.25, 0.3) is 0 Å². The fourth-order valence-electron chi connectivity index (χ4n) is 2.37. The van der Waals surface area contributed by atoms with Crippen molar-refractivity contribution in [3.63, 3.8) is 0 Å². The molecular weight excluding hydrogens is 346 g/mol. The summed E-state index contributed by atoms with van der Waals surface area (Å²) < 4.78 is 10.7. The lowest BCUT2D eigenvalue weighted by Crippen LogP contribution is -2.48. The Bertz CT molecular complexity index is 674. The summed E-state index contributed by atoms with van der Waals surface area (Å²) in [5, 5.41) is 8.02. The molecule has 0 saturated carbocycles. The summed E-state index contributed by atoms with van der Waals surface area (Å²) >= 11 is 0. The molecule has 1 aromatic heterocycles. The zero-order chi connectivity index (χ0) is 19.3. The maximum atomic E-state index is 11.9. The van der Waals surface area contributed by atoms with Crippen LogP contribution in [0.4, 0.5) is 4.79 Å². The molecule has 3 amide bonds. The molecule has 27 heavy (non-hydrogen) atoms. The van der Waals surface area contributed by atoms with Gasteiger partial charge in [-0.05, 0) is 37.5 Å². The highest BCUT2D eigenvalue weighted by molar-refractivity contribution is 5.86. The maximum absolute atomic E-state index is 11.9. The number of carbonyl (C=O) groups is 2. The Hall–Kier alpha value is -2.80. The predicted molar refractivity (Wildman–Crippen MR) is 102 cm³/mol. The number of carbonyl (C=O) groups excluding carboxylic acids is 2. The number of hydrogen-bond donors (Lipinski definition) is 3. The van der Waals surface area contributed by atoms with Crippen molar-refractivity contribution in [1.82, 2.24) is 16.0 Å². The fraction of sp³-hybridized carbons (Fsp3) is 0.400. The number of hydrogen-bond acceptors (Lipinski definition) is 4. The third kappa shape index (κ3) is 8.42. The molecule has 3 N–H and O–H groups in total. The summed E-state index contributed by atoms with van der Waals surface area (Å²) in [6, 6.07) is 12.7. The molecule has 0 aliphatic rings. The van der Waals surface area contributed by atoms with Crippen LogP contribution in [-0.4, -0.2) is 37.7 Å². The van der Waals surface area contributed by atoms with E-state index in [4.69, 9.17) is 9.15 Å². The average molecular weight is 373 g/mol. The van der Waals surface area contributed by atoms with E-state index in [9.17, 15) is 9.59 Å². The van der Waals surface area contributed by atoms with Gasteiger partial charge in [0.15, 0.2) is 0 Å².